The lowest BCUT2D eigenvalue weighted by Gasteiger charge is -2.35. The van der Waals surface area contributed by atoms with E-state index in [1.807, 2.05) is 12.1 Å². The number of fused-ring (bicyclic) bond motifs is 1. The lowest BCUT2D eigenvalue weighted by atomic mass is 9.84. The largest absolute Gasteiger partial charge is 0.356 e. The van der Waals surface area contributed by atoms with Crippen LogP contribution in [0.25, 0.3) is 10.9 Å². The van der Waals surface area contributed by atoms with Gasteiger partial charge in [0.15, 0.2) is 0 Å². The summed E-state index contributed by atoms with van der Waals surface area (Å²) in [5.74, 6) is 1.28. The maximum absolute atomic E-state index is 12.1. The molecule has 2 fully saturated rings. The summed E-state index contributed by atoms with van der Waals surface area (Å²) in [6, 6.07) is 9.77. The zero-order valence-corrected chi connectivity index (χ0v) is 15.3. The first-order valence-corrected chi connectivity index (χ1v) is 9.57. The Labute approximate surface area is 158 Å². The maximum Gasteiger partial charge on any atom is 0.223 e. The molecule has 1 aliphatic carbocycles. The van der Waals surface area contributed by atoms with Crippen molar-refractivity contribution >= 4 is 34.2 Å². The molecule has 1 aliphatic heterocycles. The number of nitrogens with zero attached hydrogens (tertiary/aromatic N) is 3. The topological polar surface area (TPSA) is 69.0 Å². The van der Waals surface area contributed by atoms with E-state index in [-0.39, 0.29) is 17.9 Å². The van der Waals surface area contributed by atoms with Gasteiger partial charge < -0.3 is 10.2 Å². The normalized spacial score (nSPS) is 18.4. The molecule has 1 aromatic heterocycles. The van der Waals surface area contributed by atoms with Gasteiger partial charge in [-0.2, -0.15) is 5.26 Å². The molecule has 1 amide bonds. The van der Waals surface area contributed by atoms with Gasteiger partial charge in [-0.15, -0.1) is 0 Å². The minimum Gasteiger partial charge on any atom is -0.356 e. The van der Waals surface area contributed by atoms with Gasteiger partial charge in [-0.1, -0.05) is 18.0 Å². The SMILES string of the molecule is N#Cc1cc(N2CCC(NC(=O)C3CCC3)CC2)nc2ccc(Cl)cc12. The summed E-state index contributed by atoms with van der Waals surface area (Å²) in [6.45, 7) is 1.65. The molecule has 1 N–H and O–H groups in total. The van der Waals surface area contributed by atoms with E-state index >= 15 is 0 Å². The summed E-state index contributed by atoms with van der Waals surface area (Å²) >= 11 is 6.05. The average Bonchev–Trinajstić information content (AvgIpc) is 2.60. The molecule has 1 aromatic carbocycles. The number of halogens is 1. The van der Waals surface area contributed by atoms with Gasteiger partial charge in [-0.25, -0.2) is 4.98 Å². The summed E-state index contributed by atoms with van der Waals surface area (Å²) in [5, 5.41) is 14.1. The Kier molecular flexibility index (Phi) is 4.69. The van der Waals surface area contributed by atoms with Gasteiger partial charge in [0.25, 0.3) is 0 Å². The number of benzene rings is 1. The average molecular weight is 369 g/mol. The van der Waals surface area contributed by atoms with E-state index in [1.54, 1.807) is 12.1 Å². The molecule has 5 nitrogen and oxygen atoms in total. The highest BCUT2D eigenvalue weighted by Crippen LogP contribution is 2.28. The number of nitriles is 1. The highest BCUT2D eigenvalue weighted by Gasteiger charge is 2.28. The molecule has 0 unspecified atom stereocenters. The highest BCUT2D eigenvalue weighted by atomic mass is 35.5. The number of piperidine rings is 1. The van der Waals surface area contributed by atoms with Gasteiger partial charge in [0.05, 0.1) is 17.1 Å². The Morgan fingerprint density at radius 1 is 1.23 bits per heavy atom. The number of aromatic nitrogens is 1. The monoisotopic (exact) mass is 368 g/mol. The van der Waals surface area contributed by atoms with Crippen LogP contribution >= 0.6 is 11.6 Å². The smallest absolute Gasteiger partial charge is 0.223 e. The second-order valence-electron chi connectivity index (χ2n) is 7.20. The number of anilines is 1. The van der Waals surface area contributed by atoms with Crippen LogP contribution in [0.5, 0.6) is 0 Å². The van der Waals surface area contributed by atoms with Crippen LogP contribution in [-0.2, 0) is 4.79 Å². The van der Waals surface area contributed by atoms with Crippen molar-refractivity contribution in [2.75, 3.05) is 18.0 Å². The number of carbonyl (C=O) groups is 1. The van der Waals surface area contributed by atoms with Crippen molar-refractivity contribution in [1.29, 1.82) is 5.26 Å². The van der Waals surface area contributed by atoms with E-state index < -0.39 is 0 Å². The fourth-order valence-electron chi connectivity index (χ4n) is 3.68. The zero-order chi connectivity index (χ0) is 18.1. The van der Waals surface area contributed by atoms with E-state index in [0.29, 0.717) is 10.6 Å². The molecule has 134 valence electrons. The molecule has 2 heterocycles. The first-order chi connectivity index (χ1) is 12.6. The third kappa shape index (κ3) is 3.34. The molecular weight excluding hydrogens is 348 g/mol. The van der Waals surface area contributed by atoms with E-state index in [1.165, 1.54) is 6.42 Å². The fourth-order valence-corrected chi connectivity index (χ4v) is 3.85. The van der Waals surface area contributed by atoms with Crippen molar-refractivity contribution in [3.8, 4) is 6.07 Å². The van der Waals surface area contributed by atoms with Gasteiger partial charge in [-0.05, 0) is 49.9 Å². The van der Waals surface area contributed by atoms with Crippen LogP contribution < -0.4 is 10.2 Å². The summed E-state index contributed by atoms with van der Waals surface area (Å²) in [6.07, 6.45) is 5.05. The Balaban J connectivity index is 1.46. The molecule has 2 aliphatic rings. The van der Waals surface area contributed by atoms with Crippen molar-refractivity contribution < 1.29 is 4.79 Å². The minimum absolute atomic E-state index is 0.224. The molecular formula is C20H21ClN4O. The van der Waals surface area contributed by atoms with Crippen molar-refractivity contribution in [3.05, 3.63) is 34.9 Å². The molecule has 0 spiro atoms. The summed E-state index contributed by atoms with van der Waals surface area (Å²) < 4.78 is 0. The number of nitrogens with one attached hydrogen (secondary N) is 1. The zero-order valence-electron chi connectivity index (χ0n) is 14.5. The number of amides is 1. The molecule has 4 rings (SSSR count). The standard InChI is InChI=1S/C20H21ClN4O/c21-15-4-5-18-17(11-15)14(12-22)10-19(24-18)25-8-6-16(7-9-25)23-20(26)13-2-1-3-13/h4-5,10-11,13,16H,1-3,6-9H2,(H,23,26). The van der Waals surface area contributed by atoms with Crippen LogP contribution in [0.15, 0.2) is 24.3 Å². The second-order valence-corrected chi connectivity index (χ2v) is 7.64. The second kappa shape index (κ2) is 7.13. The van der Waals surface area contributed by atoms with Gasteiger partial charge in [0, 0.05) is 35.5 Å². The van der Waals surface area contributed by atoms with Crippen molar-refractivity contribution in [2.45, 2.75) is 38.1 Å². The number of hydrogen-bond acceptors (Lipinski definition) is 4. The van der Waals surface area contributed by atoms with Crippen LogP contribution in [-0.4, -0.2) is 30.0 Å². The highest BCUT2D eigenvalue weighted by molar-refractivity contribution is 6.31. The van der Waals surface area contributed by atoms with E-state index in [2.05, 4.69) is 16.3 Å². The summed E-state index contributed by atoms with van der Waals surface area (Å²) in [7, 11) is 0. The maximum atomic E-state index is 12.1. The predicted molar refractivity (Wildman–Crippen MR) is 102 cm³/mol. The van der Waals surface area contributed by atoms with E-state index in [9.17, 15) is 10.1 Å². The van der Waals surface area contributed by atoms with Gasteiger partial charge in [-0.3, -0.25) is 4.79 Å². The van der Waals surface area contributed by atoms with Gasteiger partial charge >= 0.3 is 0 Å². The Bertz CT molecular complexity index is 879. The number of pyridine rings is 1. The first kappa shape index (κ1) is 17.1. The van der Waals surface area contributed by atoms with Gasteiger partial charge in [0.2, 0.25) is 5.91 Å². The predicted octanol–water partition coefficient (Wildman–Crippen LogP) is 3.64. The molecule has 0 radical (unpaired) electrons. The van der Waals surface area contributed by atoms with Crippen LogP contribution in [0.1, 0.15) is 37.7 Å². The molecule has 1 saturated heterocycles. The van der Waals surface area contributed by atoms with Crippen molar-refractivity contribution in [1.82, 2.24) is 10.3 Å². The molecule has 0 atom stereocenters. The molecule has 0 bridgehead atoms. The third-order valence-electron chi connectivity index (χ3n) is 5.52. The fraction of sp³-hybridized carbons (Fsp3) is 0.450. The molecule has 1 saturated carbocycles. The molecule has 6 heteroatoms. The summed E-state index contributed by atoms with van der Waals surface area (Å²) in [5.41, 5.74) is 1.37. The number of hydrogen-bond donors (Lipinski definition) is 1. The Hall–Kier alpha value is -2.32. The van der Waals surface area contributed by atoms with Crippen LogP contribution in [0.4, 0.5) is 5.82 Å². The van der Waals surface area contributed by atoms with Crippen LogP contribution in [0.3, 0.4) is 0 Å². The van der Waals surface area contributed by atoms with E-state index in [4.69, 9.17) is 16.6 Å². The molecule has 26 heavy (non-hydrogen) atoms. The van der Waals surface area contributed by atoms with Crippen LogP contribution in [0.2, 0.25) is 5.02 Å². The van der Waals surface area contributed by atoms with Crippen molar-refractivity contribution in [3.63, 3.8) is 0 Å². The quantitative estimate of drug-likeness (QED) is 0.897. The van der Waals surface area contributed by atoms with Crippen molar-refractivity contribution in [2.24, 2.45) is 5.92 Å². The first-order valence-electron chi connectivity index (χ1n) is 9.20. The van der Waals surface area contributed by atoms with Crippen LogP contribution in [0, 0.1) is 17.2 Å². The van der Waals surface area contributed by atoms with E-state index in [0.717, 1.165) is 55.5 Å². The lowest BCUT2D eigenvalue weighted by Crippen LogP contribution is -2.47. The lowest BCUT2D eigenvalue weighted by molar-refractivity contribution is -0.128. The molecule has 2 aromatic rings. The van der Waals surface area contributed by atoms with Gasteiger partial charge in [0.1, 0.15) is 5.82 Å². The summed E-state index contributed by atoms with van der Waals surface area (Å²) in [4.78, 5) is 19.0. The Morgan fingerprint density at radius 3 is 2.65 bits per heavy atom. The number of carbonyl (C=O) groups excluding carboxylic acids is 1. The third-order valence-corrected chi connectivity index (χ3v) is 5.75. The Morgan fingerprint density at radius 2 is 2.00 bits per heavy atom. The minimum atomic E-state index is 0.224. The number of rotatable bonds is 3.